The number of ether oxygens (including phenoxy) is 1. The number of anilines is 1. The second-order valence-corrected chi connectivity index (χ2v) is 5.32. The third-order valence-corrected chi connectivity index (χ3v) is 3.35. The zero-order chi connectivity index (χ0) is 16.7. The van der Waals surface area contributed by atoms with Gasteiger partial charge in [-0.05, 0) is 48.9 Å². The summed E-state index contributed by atoms with van der Waals surface area (Å²) in [5.74, 6) is 0.497. The van der Waals surface area contributed by atoms with E-state index in [4.69, 9.17) is 16.3 Å². The van der Waals surface area contributed by atoms with E-state index in [9.17, 15) is 4.79 Å². The van der Waals surface area contributed by atoms with Gasteiger partial charge in [0, 0.05) is 10.7 Å². The molecule has 2 aromatic rings. The van der Waals surface area contributed by atoms with Gasteiger partial charge in [0.2, 0.25) is 0 Å². The van der Waals surface area contributed by atoms with Crippen LogP contribution in [-0.4, -0.2) is 25.3 Å². The first kappa shape index (κ1) is 16.8. The van der Waals surface area contributed by atoms with Crippen molar-refractivity contribution in [1.29, 1.82) is 0 Å². The summed E-state index contributed by atoms with van der Waals surface area (Å²) in [5.41, 5.74) is 4.15. The molecule has 0 heterocycles. The Morgan fingerprint density at radius 2 is 2.00 bits per heavy atom. The van der Waals surface area contributed by atoms with Gasteiger partial charge in [0.15, 0.2) is 0 Å². The van der Waals surface area contributed by atoms with Gasteiger partial charge < -0.3 is 10.1 Å². The number of carbonyl (C=O) groups excluding carboxylic acids is 1. The van der Waals surface area contributed by atoms with E-state index in [2.05, 4.69) is 15.8 Å². The normalized spacial score (nSPS) is 12.0. The van der Waals surface area contributed by atoms with Gasteiger partial charge in [0.25, 0.3) is 5.91 Å². The van der Waals surface area contributed by atoms with Crippen LogP contribution in [0.4, 0.5) is 5.69 Å². The molecule has 6 heteroatoms. The largest absolute Gasteiger partial charge is 0.497 e. The average molecular weight is 332 g/mol. The maximum atomic E-state index is 12.0. The molecule has 0 unspecified atom stereocenters. The van der Waals surface area contributed by atoms with Gasteiger partial charge >= 0.3 is 0 Å². The summed E-state index contributed by atoms with van der Waals surface area (Å²) in [6.07, 6.45) is 1.56. The van der Waals surface area contributed by atoms with Gasteiger partial charge in [-0.15, -0.1) is 0 Å². The first-order valence-electron chi connectivity index (χ1n) is 7.07. The molecule has 0 fully saturated rings. The molecule has 23 heavy (non-hydrogen) atoms. The third-order valence-electron chi connectivity index (χ3n) is 3.10. The highest BCUT2D eigenvalue weighted by Gasteiger charge is 2.11. The number of hydrogen-bond acceptors (Lipinski definition) is 4. The molecule has 2 N–H and O–H groups in total. The van der Waals surface area contributed by atoms with Gasteiger partial charge in [-0.3, -0.25) is 4.79 Å². The fourth-order valence-electron chi connectivity index (χ4n) is 1.85. The van der Waals surface area contributed by atoms with Crippen LogP contribution in [-0.2, 0) is 4.79 Å². The molecule has 0 saturated carbocycles. The highest BCUT2D eigenvalue weighted by molar-refractivity contribution is 6.30. The number of halogens is 1. The van der Waals surface area contributed by atoms with Crippen LogP contribution < -0.4 is 15.5 Å². The number of carbonyl (C=O) groups is 1. The van der Waals surface area contributed by atoms with E-state index in [1.54, 1.807) is 32.4 Å². The van der Waals surface area contributed by atoms with Crippen molar-refractivity contribution >= 4 is 29.4 Å². The molecule has 0 bridgehead atoms. The molecule has 0 spiro atoms. The zero-order valence-corrected chi connectivity index (χ0v) is 13.7. The number of hydrogen-bond donors (Lipinski definition) is 2. The summed E-state index contributed by atoms with van der Waals surface area (Å²) in [5, 5.41) is 7.67. The lowest BCUT2D eigenvalue weighted by atomic mass is 10.2. The summed E-state index contributed by atoms with van der Waals surface area (Å²) < 4.78 is 5.13. The van der Waals surface area contributed by atoms with Crippen molar-refractivity contribution in [3.63, 3.8) is 0 Å². The maximum absolute atomic E-state index is 12.0. The monoisotopic (exact) mass is 331 g/mol. The molecule has 120 valence electrons. The Morgan fingerprint density at radius 3 is 2.70 bits per heavy atom. The molecule has 0 aliphatic carbocycles. The number of amides is 1. The van der Waals surface area contributed by atoms with Gasteiger partial charge in [-0.25, -0.2) is 5.43 Å². The highest BCUT2D eigenvalue weighted by atomic mass is 35.5. The van der Waals surface area contributed by atoms with E-state index in [1.165, 1.54) is 0 Å². The van der Waals surface area contributed by atoms with Crippen LogP contribution in [0.25, 0.3) is 0 Å². The lowest BCUT2D eigenvalue weighted by molar-refractivity contribution is -0.121. The van der Waals surface area contributed by atoms with E-state index < -0.39 is 6.04 Å². The summed E-state index contributed by atoms with van der Waals surface area (Å²) in [7, 11) is 1.60. The van der Waals surface area contributed by atoms with Crippen molar-refractivity contribution in [1.82, 2.24) is 5.43 Å². The second-order valence-electron chi connectivity index (χ2n) is 4.88. The van der Waals surface area contributed by atoms with E-state index in [-0.39, 0.29) is 5.91 Å². The molecule has 2 rings (SSSR count). The van der Waals surface area contributed by atoms with Crippen LogP contribution in [0.1, 0.15) is 12.5 Å². The van der Waals surface area contributed by atoms with E-state index in [0.717, 1.165) is 17.0 Å². The minimum Gasteiger partial charge on any atom is -0.497 e. The van der Waals surface area contributed by atoms with Crippen molar-refractivity contribution in [2.45, 2.75) is 13.0 Å². The summed E-state index contributed by atoms with van der Waals surface area (Å²) in [6.45, 7) is 1.75. The number of nitrogens with zero attached hydrogens (tertiary/aromatic N) is 1. The summed E-state index contributed by atoms with van der Waals surface area (Å²) in [6, 6.07) is 14.1. The van der Waals surface area contributed by atoms with Gasteiger partial charge in [0.1, 0.15) is 11.8 Å². The molecule has 5 nitrogen and oxygen atoms in total. The first-order valence-corrected chi connectivity index (χ1v) is 7.45. The van der Waals surface area contributed by atoms with Crippen molar-refractivity contribution in [2.24, 2.45) is 5.10 Å². The van der Waals surface area contributed by atoms with Crippen LogP contribution in [0.15, 0.2) is 53.6 Å². The number of methoxy groups -OCH3 is 1. The van der Waals surface area contributed by atoms with Crippen molar-refractivity contribution in [2.75, 3.05) is 12.4 Å². The topological polar surface area (TPSA) is 62.7 Å². The maximum Gasteiger partial charge on any atom is 0.262 e. The minimum absolute atomic E-state index is 0.237. The standard InChI is InChI=1S/C17H18ClN3O2/c1-12(20-15-8-6-14(18)7-9-15)17(22)21-19-11-13-4-3-5-16(10-13)23-2/h3-12,20H,1-2H3,(H,21,22)/b19-11-/t12-/m1/s1. The molecule has 0 saturated heterocycles. The fraction of sp³-hybridized carbons (Fsp3) is 0.176. The van der Waals surface area contributed by atoms with E-state index in [1.807, 2.05) is 36.4 Å². The predicted octanol–water partition coefficient (Wildman–Crippen LogP) is 3.30. The molecular formula is C17H18ClN3O2. The molecule has 0 aliphatic rings. The molecule has 1 amide bonds. The lowest BCUT2D eigenvalue weighted by Gasteiger charge is -2.13. The number of nitrogens with one attached hydrogen (secondary N) is 2. The molecule has 1 atom stereocenters. The zero-order valence-electron chi connectivity index (χ0n) is 12.9. The SMILES string of the molecule is COc1cccc(/C=N\NC(=O)[C@@H](C)Nc2ccc(Cl)cc2)c1. The van der Waals surface area contributed by atoms with Gasteiger partial charge in [0.05, 0.1) is 13.3 Å². The fourth-order valence-corrected chi connectivity index (χ4v) is 1.98. The summed E-state index contributed by atoms with van der Waals surface area (Å²) >= 11 is 5.82. The molecule has 0 aromatic heterocycles. The Labute approximate surface area is 140 Å². The van der Waals surface area contributed by atoms with E-state index in [0.29, 0.717) is 5.02 Å². The minimum atomic E-state index is -0.432. The Hall–Kier alpha value is -2.53. The molecule has 0 radical (unpaired) electrons. The second kappa shape index (κ2) is 8.19. The van der Waals surface area contributed by atoms with Gasteiger partial charge in [-0.2, -0.15) is 5.10 Å². The Kier molecular flexibility index (Phi) is 6.00. The Balaban J connectivity index is 1.88. The lowest BCUT2D eigenvalue weighted by Crippen LogP contribution is -2.34. The van der Waals surface area contributed by atoms with Crippen molar-refractivity contribution < 1.29 is 9.53 Å². The Bertz CT molecular complexity index is 686. The van der Waals surface area contributed by atoms with Gasteiger partial charge in [-0.1, -0.05) is 23.7 Å². The van der Waals surface area contributed by atoms with Crippen LogP contribution >= 0.6 is 11.6 Å². The first-order chi connectivity index (χ1) is 11.1. The molecular weight excluding hydrogens is 314 g/mol. The quantitative estimate of drug-likeness (QED) is 0.630. The van der Waals surface area contributed by atoms with Crippen molar-refractivity contribution in [3.05, 3.63) is 59.1 Å². The smallest absolute Gasteiger partial charge is 0.262 e. The highest BCUT2D eigenvalue weighted by Crippen LogP contribution is 2.14. The van der Waals surface area contributed by atoms with Crippen LogP contribution in [0.2, 0.25) is 5.02 Å². The molecule has 0 aliphatic heterocycles. The number of rotatable bonds is 6. The number of hydrazone groups is 1. The molecule has 2 aromatic carbocycles. The summed E-state index contributed by atoms with van der Waals surface area (Å²) in [4.78, 5) is 12.0. The van der Waals surface area contributed by atoms with Crippen LogP contribution in [0.3, 0.4) is 0 Å². The van der Waals surface area contributed by atoms with Crippen LogP contribution in [0, 0.1) is 0 Å². The van der Waals surface area contributed by atoms with Crippen LogP contribution in [0.5, 0.6) is 5.75 Å². The van der Waals surface area contributed by atoms with E-state index >= 15 is 0 Å². The number of benzene rings is 2. The third kappa shape index (κ3) is 5.30. The average Bonchev–Trinajstić information content (AvgIpc) is 2.57. The Morgan fingerprint density at radius 1 is 1.26 bits per heavy atom. The predicted molar refractivity (Wildman–Crippen MR) is 93.3 cm³/mol. The van der Waals surface area contributed by atoms with Crippen molar-refractivity contribution in [3.8, 4) is 5.75 Å².